The van der Waals surface area contributed by atoms with Gasteiger partial charge in [0.25, 0.3) is 5.92 Å². The lowest BCUT2D eigenvalue weighted by Crippen LogP contribution is -2.48. The second-order valence-electron chi connectivity index (χ2n) is 4.15. The average molecular weight is 220 g/mol. The van der Waals surface area contributed by atoms with Crippen molar-refractivity contribution in [1.29, 1.82) is 0 Å². The van der Waals surface area contributed by atoms with Crippen LogP contribution in [0.1, 0.15) is 19.8 Å². The van der Waals surface area contributed by atoms with Crippen molar-refractivity contribution in [3.63, 3.8) is 0 Å². The molecule has 1 N–H and O–H groups in total. The molecule has 1 amide bonds. The molecule has 5 heteroatoms. The number of carbonyl (C=O) groups is 1. The Morgan fingerprint density at radius 2 is 2.27 bits per heavy atom. The van der Waals surface area contributed by atoms with Crippen LogP contribution in [0.5, 0.6) is 0 Å². The number of halogens is 2. The molecule has 0 aromatic heterocycles. The average Bonchev–Trinajstić information content (AvgIpc) is 2.19. The fourth-order valence-corrected chi connectivity index (χ4v) is 1.70. The highest BCUT2D eigenvalue weighted by Gasteiger charge is 2.41. The molecule has 15 heavy (non-hydrogen) atoms. The lowest BCUT2D eigenvalue weighted by atomic mass is 9.95. The molecule has 1 aliphatic heterocycles. The first-order valence-electron chi connectivity index (χ1n) is 5.26. The van der Waals surface area contributed by atoms with E-state index < -0.39 is 11.8 Å². The van der Waals surface area contributed by atoms with Gasteiger partial charge in [-0.25, -0.2) is 8.78 Å². The van der Waals surface area contributed by atoms with E-state index in [2.05, 4.69) is 5.32 Å². The van der Waals surface area contributed by atoms with Gasteiger partial charge >= 0.3 is 0 Å². The summed E-state index contributed by atoms with van der Waals surface area (Å²) >= 11 is 0. The summed E-state index contributed by atoms with van der Waals surface area (Å²) in [5, 5.41) is 2.48. The van der Waals surface area contributed by atoms with Crippen LogP contribution in [0.25, 0.3) is 0 Å². The highest BCUT2D eigenvalue weighted by atomic mass is 19.3. The molecule has 3 nitrogen and oxygen atoms in total. The Labute approximate surface area is 88.8 Å². The number of amides is 1. The summed E-state index contributed by atoms with van der Waals surface area (Å²) in [5.74, 6) is -3.26. The van der Waals surface area contributed by atoms with E-state index in [0.29, 0.717) is 25.9 Å². The predicted octanol–water partition coefficient (Wildman–Crippen LogP) is 1.10. The van der Waals surface area contributed by atoms with Crippen molar-refractivity contribution in [1.82, 2.24) is 10.2 Å². The van der Waals surface area contributed by atoms with Crippen LogP contribution in [0, 0.1) is 5.92 Å². The van der Waals surface area contributed by atoms with Gasteiger partial charge in [0.15, 0.2) is 0 Å². The molecule has 88 valence electrons. The Bertz CT molecular complexity index is 233. The van der Waals surface area contributed by atoms with Gasteiger partial charge in [0.1, 0.15) is 0 Å². The van der Waals surface area contributed by atoms with E-state index in [0.717, 1.165) is 0 Å². The first-order chi connectivity index (χ1) is 6.95. The van der Waals surface area contributed by atoms with Gasteiger partial charge in [0, 0.05) is 25.9 Å². The fraction of sp³-hybridized carbons (Fsp3) is 0.900. The van der Waals surface area contributed by atoms with E-state index in [9.17, 15) is 13.6 Å². The van der Waals surface area contributed by atoms with Crippen LogP contribution in [0.2, 0.25) is 0 Å². The zero-order valence-corrected chi connectivity index (χ0v) is 9.22. The van der Waals surface area contributed by atoms with Gasteiger partial charge in [-0.3, -0.25) is 9.69 Å². The number of likely N-dealkylation sites (tertiary alicyclic amines) is 1. The molecule has 0 spiro atoms. The molecule has 1 heterocycles. The van der Waals surface area contributed by atoms with Crippen molar-refractivity contribution in [2.75, 3.05) is 26.7 Å². The van der Waals surface area contributed by atoms with E-state index in [1.54, 1.807) is 18.9 Å². The molecule has 1 fully saturated rings. The molecule has 0 radical (unpaired) electrons. The number of piperidine rings is 1. The first-order valence-corrected chi connectivity index (χ1v) is 5.26. The zero-order valence-electron chi connectivity index (χ0n) is 9.22. The highest BCUT2D eigenvalue weighted by molar-refractivity contribution is 5.75. The number of hydrogen-bond donors (Lipinski definition) is 1. The lowest BCUT2D eigenvalue weighted by molar-refractivity contribution is -0.123. The monoisotopic (exact) mass is 220 g/mol. The van der Waals surface area contributed by atoms with Crippen molar-refractivity contribution in [2.24, 2.45) is 5.92 Å². The molecule has 1 saturated heterocycles. The Kier molecular flexibility index (Phi) is 4.02. The molecular weight excluding hydrogens is 202 g/mol. The second kappa shape index (κ2) is 4.88. The third-order valence-electron chi connectivity index (χ3n) is 2.97. The van der Waals surface area contributed by atoms with Gasteiger partial charge in [-0.2, -0.15) is 0 Å². The minimum Gasteiger partial charge on any atom is -0.359 e. The maximum atomic E-state index is 13.3. The topological polar surface area (TPSA) is 32.3 Å². The fourth-order valence-electron chi connectivity index (χ4n) is 1.70. The van der Waals surface area contributed by atoms with Crippen LogP contribution in [-0.2, 0) is 4.79 Å². The smallest absolute Gasteiger partial charge is 0.263 e. The second-order valence-corrected chi connectivity index (χ2v) is 4.15. The first kappa shape index (κ1) is 12.4. The van der Waals surface area contributed by atoms with Gasteiger partial charge in [-0.15, -0.1) is 0 Å². The largest absolute Gasteiger partial charge is 0.359 e. The summed E-state index contributed by atoms with van der Waals surface area (Å²) in [6, 6.07) is 0. The van der Waals surface area contributed by atoms with E-state index in [1.807, 2.05) is 0 Å². The van der Waals surface area contributed by atoms with Crippen molar-refractivity contribution < 1.29 is 13.6 Å². The van der Waals surface area contributed by atoms with Crippen molar-refractivity contribution in [2.45, 2.75) is 25.7 Å². The van der Waals surface area contributed by atoms with Gasteiger partial charge < -0.3 is 5.32 Å². The number of nitrogens with zero attached hydrogens (tertiary/aromatic N) is 1. The summed E-state index contributed by atoms with van der Waals surface area (Å²) in [6.07, 6.45) is 0.793. The Morgan fingerprint density at radius 1 is 1.60 bits per heavy atom. The number of hydrogen-bond acceptors (Lipinski definition) is 2. The molecule has 0 aromatic rings. The molecule has 0 saturated carbocycles. The molecule has 0 aliphatic carbocycles. The third-order valence-corrected chi connectivity index (χ3v) is 2.97. The molecule has 1 atom stereocenters. The minimum atomic E-state index is -2.61. The van der Waals surface area contributed by atoms with Crippen LogP contribution >= 0.6 is 0 Å². The molecule has 0 unspecified atom stereocenters. The molecular formula is C10H18F2N2O. The summed E-state index contributed by atoms with van der Waals surface area (Å²) in [6.45, 7) is 2.44. The standard InChI is InChI=1S/C10H18F2N2O/c1-8-3-5-14(7-10(8,11)12)6-4-9(15)13-2/h8H,3-7H2,1-2H3,(H,13,15)/t8-/m0/s1. The van der Waals surface area contributed by atoms with Gasteiger partial charge in [0.2, 0.25) is 5.91 Å². The van der Waals surface area contributed by atoms with Crippen molar-refractivity contribution >= 4 is 5.91 Å². The quantitative estimate of drug-likeness (QED) is 0.772. The maximum absolute atomic E-state index is 13.3. The summed E-state index contributed by atoms with van der Waals surface area (Å²) in [5.41, 5.74) is 0. The zero-order chi connectivity index (χ0) is 11.5. The number of alkyl halides is 2. The minimum absolute atomic E-state index is 0.100. The van der Waals surface area contributed by atoms with E-state index in [1.165, 1.54) is 0 Å². The number of nitrogens with one attached hydrogen (secondary N) is 1. The highest BCUT2D eigenvalue weighted by Crippen LogP contribution is 2.32. The van der Waals surface area contributed by atoms with Crippen LogP contribution < -0.4 is 5.32 Å². The van der Waals surface area contributed by atoms with Crippen LogP contribution in [0.4, 0.5) is 8.78 Å². The summed E-state index contributed by atoms with van der Waals surface area (Å²) in [7, 11) is 1.55. The predicted molar refractivity (Wildman–Crippen MR) is 53.9 cm³/mol. The van der Waals surface area contributed by atoms with Crippen molar-refractivity contribution in [3.8, 4) is 0 Å². The molecule has 1 aliphatic rings. The number of carbonyl (C=O) groups excluding carboxylic acids is 1. The van der Waals surface area contributed by atoms with Gasteiger partial charge in [0.05, 0.1) is 6.54 Å². The molecule has 0 bridgehead atoms. The normalized spacial score (nSPS) is 26.3. The van der Waals surface area contributed by atoms with Crippen LogP contribution in [0.15, 0.2) is 0 Å². The van der Waals surface area contributed by atoms with Crippen molar-refractivity contribution in [3.05, 3.63) is 0 Å². The van der Waals surface area contributed by atoms with E-state index in [-0.39, 0.29) is 12.5 Å². The Balaban J connectivity index is 2.36. The third kappa shape index (κ3) is 3.41. The Morgan fingerprint density at radius 3 is 2.80 bits per heavy atom. The van der Waals surface area contributed by atoms with Gasteiger partial charge in [-0.05, 0) is 13.0 Å². The van der Waals surface area contributed by atoms with Crippen LogP contribution in [-0.4, -0.2) is 43.4 Å². The van der Waals surface area contributed by atoms with Crippen LogP contribution in [0.3, 0.4) is 0 Å². The SMILES string of the molecule is CNC(=O)CCN1CC[C@H](C)C(F)(F)C1. The number of rotatable bonds is 3. The van der Waals surface area contributed by atoms with E-state index in [4.69, 9.17) is 0 Å². The lowest BCUT2D eigenvalue weighted by Gasteiger charge is -2.36. The van der Waals surface area contributed by atoms with E-state index >= 15 is 0 Å². The van der Waals surface area contributed by atoms with Gasteiger partial charge in [-0.1, -0.05) is 6.92 Å². The molecule has 1 rings (SSSR count). The maximum Gasteiger partial charge on any atom is 0.263 e. The summed E-state index contributed by atoms with van der Waals surface area (Å²) in [4.78, 5) is 12.6. The Hall–Kier alpha value is -0.710. The summed E-state index contributed by atoms with van der Waals surface area (Å²) < 4.78 is 26.6. The molecule has 0 aromatic carbocycles.